The van der Waals surface area contributed by atoms with Crippen molar-refractivity contribution in [1.82, 2.24) is 0 Å². The third-order valence-electron chi connectivity index (χ3n) is 4.03. The van der Waals surface area contributed by atoms with Gasteiger partial charge in [0, 0.05) is 11.3 Å². The lowest BCUT2D eigenvalue weighted by Crippen LogP contribution is -2.14. The van der Waals surface area contributed by atoms with Gasteiger partial charge in [-0.25, -0.2) is 0 Å². The third kappa shape index (κ3) is 2.86. The summed E-state index contributed by atoms with van der Waals surface area (Å²) in [6.07, 6.45) is 2.57. The van der Waals surface area contributed by atoms with Crippen molar-refractivity contribution in [2.45, 2.75) is 32.4 Å². The molecule has 1 aliphatic rings. The van der Waals surface area contributed by atoms with Gasteiger partial charge in [-0.05, 0) is 37.3 Å². The van der Waals surface area contributed by atoms with Crippen LogP contribution in [0.4, 0.5) is 5.69 Å². The Morgan fingerprint density at radius 3 is 2.45 bits per heavy atom. The molecule has 104 valence electrons. The van der Waals surface area contributed by atoms with Crippen LogP contribution in [-0.4, -0.2) is 5.11 Å². The van der Waals surface area contributed by atoms with E-state index in [1.54, 1.807) is 0 Å². The molecular weight excluding hydrogens is 246 g/mol. The van der Waals surface area contributed by atoms with Crippen LogP contribution in [0.15, 0.2) is 48.5 Å². The van der Waals surface area contributed by atoms with E-state index in [-0.39, 0.29) is 6.61 Å². The molecule has 20 heavy (non-hydrogen) atoms. The lowest BCUT2D eigenvalue weighted by atomic mass is 10.00. The van der Waals surface area contributed by atoms with Gasteiger partial charge in [0.2, 0.25) is 0 Å². The van der Waals surface area contributed by atoms with E-state index < -0.39 is 0 Å². The minimum atomic E-state index is 0.0778. The molecule has 1 fully saturated rings. The number of nitrogens with one attached hydrogen (secondary N) is 1. The lowest BCUT2D eigenvalue weighted by molar-refractivity contribution is 0.282. The number of rotatable bonds is 5. The monoisotopic (exact) mass is 267 g/mol. The fourth-order valence-electron chi connectivity index (χ4n) is 2.64. The summed E-state index contributed by atoms with van der Waals surface area (Å²) >= 11 is 0. The molecule has 0 spiro atoms. The van der Waals surface area contributed by atoms with Crippen LogP contribution < -0.4 is 5.32 Å². The van der Waals surface area contributed by atoms with Gasteiger partial charge < -0.3 is 10.4 Å². The second kappa shape index (κ2) is 5.68. The zero-order valence-electron chi connectivity index (χ0n) is 11.8. The molecule has 2 heteroatoms. The molecular formula is C18H21NO. The van der Waals surface area contributed by atoms with Crippen LogP contribution in [0.25, 0.3) is 0 Å². The van der Waals surface area contributed by atoms with Crippen molar-refractivity contribution in [3.8, 4) is 0 Å². The standard InChI is InChI=1S/C18H21NO/c1-13-6-8-14(9-7-13)18(15-10-11-15)19-17-5-3-2-4-16(17)12-20/h2-9,15,18-20H,10-12H2,1H3. The predicted octanol–water partition coefficient (Wildman–Crippen LogP) is 4.05. The number of aryl methyl sites for hydroxylation is 1. The van der Waals surface area contributed by atoms with E-state index in [0.717, 1.165) is 11.3 Å². The normalized spacial score (nSPS) is 15.9. The smallest absolute Gasteiger partial charge is 0.0701 e. The summed E-state index contributed by atoms with van der Waals surface area (Å²) in [5.41, 5.74) is 4.64. The van der Waals surface area contributed by atoms with Gasteiger partial charge in [0.05, 0.1) is 12.6 Å². The highest BCUT2D eigenvalue weighted by Gasteiger charge is 2.32. The van der Waals surface area contributed by atoms with E-state index in [0.29, 0.717) is 12.0 Å². The Labute approximate surface area is 120 Å². The number of hydrogen-bond acceptors (Lipinski definition) is 2. The summed E-state index contributed by atoms with van der Waals surface area (Å²) in [6.45, 7) is 2.19. The van der Waals surface area contributed by atoms with Crippen LogP contribution in [0.3, 0.4) is 0 Å². The third-order valence-corrected chi connectivity index (χ3v) is 4.03. The number of para-hydroxylation sites is 1. The summed E-state index contributed by atoms with van der Waals surface area (Å²) in [7, 11) is 0. The number of anilines is 1. The van der Waals surface area contributed by atoms with Crippen molar-refractivity contribution in [1.29, 1.82) is 0 Å². The number of benzene rings is 2. The Balaban J connectivity index is 1.86. The fourth-order valence-corrected chi connectivity index (χ4v) is 2.64. The van der Waals surface area contributed by atoms with Crippen LogP contribution in [0.1, 0.15) is 35.6 Å². The first-order valence-electron chi connectivity index (χ1n) is 7.30. The topological polar surface area (TPSA) is 32.3 Å². The van der Waals surface area contributed by atoms with Gasteiger partial charge in [-0.15, -0.1) is 0 Å². The molecule has 0 saturated heterocycles. The quantitative estimate of drug-likeness (QED) is 0.856. The summed E-state index contributed by atoms with van der Waals surface area (Å²) in [5, 5.41) is 13.1. The molecule has 2 aromatic rings. The summed E-state index contributed by atoms with van der Waals surface area (Å²) in [6, 6.07) is 17.1. The molecule has 0 aliphatic heterocycles. The Morgan fingerprint density at radius 1 is 1.10 bits per heavy atom. The van der Waals surface area contributed by atoms with Crippen molar-refractivity contribution in [3.63, 3.8) is 0 Å². The first-order chi connectivity index (χ1) is 9.78. The van der Waals surface area contributed by atoms with Gasteiger partial charge in [0.15, 0.2) is 0 Å². The maximum absolute atomic E-state index is 9.45. The van der Waals surface area contributed by atoms with Crippen LogP contribution in [0.5, 0.6) is 0 Å². The van der Waals surface area contributed by atoms with Gasteiger partial charge in [0.25, 0.3) is 0 Å². The van der Waals surface area contributed by atoms with Crippen molar-refractivity contribution in [2.24, 2.45) is 5.92 Å². The lowest BCUT2D eigenvalue weighted by Gasteiger charge is -2.22. The van der Waals surface area contributed by atoms with Crippen LogP contribution in [-0.2, 0) is 6.61 Å². The Hall–Kier alpha value is -1.80. The Kier molecular flexibility index (Phi) is 3.75. The maximum Gasteiger partial charge on any atom is 0.0701 e. The van der Waals surface area contributed by atoms with Crippen molar-refractivity contribution < 1.29 is 5.11 Å². The zero-order valence-corrected chi connectivity index (χ0v) is 11.8. The molecule has 1 atom stereocenters. The molecule has 2 aromatic carbocycles. The molecule has 0 radical (unpaired) electrons. The Bertz CT molecular complexity index is 572. The number of aliphatic hydroxyl groups is 1. The second-order valence-electron chi connectivity index (χ2n) is 5.69. The molecule has 0 bridgehead atoms. The molecule has 0 heterocycles. The minimum Gasteiger partial charge on any atom is -0.392 e. The average Bonchev–Trinajstić information content (AvgIpc) is 3.31. The summed E-state index contributed by atoms with van der Waals surface area (Å²) in [5.74, 6) is 0.712. The average molecular weight is 267 g/mol. The molecule has 1 aliphatic carbocycles. The van der Waals surface area contributed by atoms with Crippen LogP contribution in [0.2, 0.25) is 0 Å². The fraction of sp³-hybridized carbons (Fsp3) is 0.333. The molecule has 1 unspecified atom stereocenters. The summed E-state index contributed by atoms with van der Waals surface area (Å²) < 4.78 is 0. The highest BCUT2D eigenvalue weighted by atomic mass is 16.3. The first kappa shape index (κ1) is 13.2. The van der Waals surface area contributed by atoms with Crippen LogP contribution in [0, 0.1) is 12.8 Å². The molecule has 0 aromatic heterocycles. The van der Waals surface area contributed by atoms with E-state index in [2.05, 4.69) is 42.6 Å². The first-order valence-corrected chi connectivity index (χ1v) is 7.30. The van der Waals surface area contributed by atoms with Crippen molar-refractivity contribution >= 4 is 5.69 Å². The Morgan fingerprint density at radius 2 is 1.80 bits per heavy atom. The van der Waals surface area contributed by atoms with Crippen molar-refractivity contribution in [2.75, 3.05) is 5.32 Å². The van der Waals surface area contributed by atoms with Crippen molar-refractivity contribution in [3.05, 3.63) is 65.2 Å². The van der Waals surface area contributed by atoms with Gasteiger partial charge in [-0.2, -0.15) is 0 Å². The predicted molar refractivity (Wildman–Crippen MR) is 82.6 cm³/mol. The van der Waals surface area contributed by atoms with Crippen LogP contribution >= 0.6 is 0 Å². The SMILES string of the molecule is Cc1ccc(C(Nc2ccccc2CO)C2CC2)cc1. The van der Waals surface area contributed by atoms with Gasteiger partial charge >= 0.3 is 0 Å². The van der Waals surface area contributed by atoms with E-state index in [4.69, 9.17) is 0 Å². The number of hydrogen-bond donors (Lipinski definition) is 2. The number of aliphatic hydroxyl groups excluding tert-OH is 1. The second-order valence-corrected chi connectivity index (χ2v) is 5.69. The summed E-state index contributed by atoms with van der Waals surface area (Å²) in [4.78, 5) is 0. The van der Waals surface area contributed by atoms with Gasteiger partial charge in [-0.1, -0.05) is 48.0 Å². The molecule has 2 nitrogen and oxygen atoms in total. The van der Waals surface area contributed by atoms with E-state index in [1.165, 1.54) is 24.0 Å². The largest absolute Gasteiger partial charge is 0.392 e. The molecule has 1 saturated carbocycles. The van der Waals surface area contributed by atoms with Gasteiger partial charge in [0.1, 0.15) is 0 Å². The van der Waals surface area contributed by atoms with E-state index >= 15 is 0 Å². The maximum atomic E-state index is 9.45. The van der Waals surface area contributed by atoms with Gasteiger partial charge in [-0.3, -0.25) is 0 Å². The zero-order chi connectivity index (χ0) is 13.9. The molecule has 3 rings (SSSR count). The molecule has 0 amide bonds. The minimum absolute atomic E-state index is 0.0778. The molecule has 2 N–H and O–H groups in total. The van der Waals surface area contributed by atoms with E-state index in [1.807, 2.05) is 18.2 Å². The highest BCUT2D eigenvalue weighted by Crippen LogP contribution is 2.43. The highest BCUT2D eigenvalue weighted by molar-refractivity contribution is 5.53. The van der Waals surface area contributed by atoms with E-state index in [9.17, 15) is 5.11 Å².